The van der Waals surface area contributed by atoms with Crippen LogP contribution in [0.2, 0.25) is 0 Å². The molecule has 0 atom stereocenters. The molecule has 3 N–H and O–H groups in total. The fraction of sp³-hybridized carbons (Fsp3) is 0.419. The van der Waals surface area contributed by atoms with Crippen molar-refractivity contribution in [2.24, 2.45) is 0 Å². The van der Waals surface area contributed by atoms with Crippen molar-refractivity contribution in [3.05, 3.63) is 114 Å². The van der Waals surface area contributed by atoms with Crippen molar-refractivity contribution in [1.29, 1.82) is 0 Å². The zero-order chi connectivity index (χ0) is 36.4. The highest BCUT2D eigenvalue weighted by molar-refractivity contribution is 5.93. The van der Waals surface area contributed by atoms with Crippen molar-refractivity contribution in [3.8, 4) is 11.4 Å². The second kappa shape index (κ2) is 15.3. The summed E-state index contributed by atoms with van der Waals surface area (Å²) in [4.78, 5) is 30.7. The van der Waals surface area contributed by atoms with E-state index in [0.717, 1.165) is 54.5 Å². The molecular weight excluding hydrogens is 675 g/mol. The van der Waals surface area contributed by atoms with Gasteiger partial charge in [-0.05, 0) is 130 Å². The van der Waals surface area contributed by atoms with Gasteiger partial charge < -0.3 is 16.0 Å². The summed E-state index contributed by atoms with van der Waals surface area (Å²) in [7, 11) is 0. The molecule has 278 valence electrons. The lowest BCUT2D eigenvalue weighted by molar-refractivity contribution is -0.117. The molecule has 5 aromatic rings. The zero-order valence-electron chi connectivity index (χ0n) is 30.8. The molecule has 11 nitrogen and oxygen atoms in total. The molecule has 54 heavy (non-hydrogen) atoms. The summed E-state index contributed by atoms with van der Waals surface area (Å²) in [5.41, 5.74) is 9.95. The maximum atomic E-state index is 12.3. The lowest BCUT2D eigenvalue weighted by Gasteiger charge is -2.26. The number of nitrogens with one attached hydrogen (secondary N) is 3. The van der Waals surface area contributed by atoms with E-state index >= 15 is 0 Å². The molecule has 3 aromatic heterocycles. The molecule has 2 amide bonds. The molecular formula is C43H49N9O2. The number of carbonyl (C=O) groups is 2. The third-order valence-corrected chi connectivity index (χ3v) is 11.0. The number of anilines is 2. The molecule has 1 saturated heterocycles. The van der Waals surface area contributed by atoms with Crippen LogP contribution in [0.4, 0.5) is 11.4 Å². The summed E-state index contributed by atoms with van der Waals surface area (Å²) in [6.07, 6.45) is 13.9. The Morgan fingerprint density at radius 1 is 0.611 bits per heavy atom. The van der Waals surface area contributed by atoms with Gasteiger partial charge in [-0.3, -0.25) is 19.5 Å². The van der Waals surface area contributed by atoms with Crippen LogP contribution in [0.3, 0.4) is 0 Å². The van der Waals surface area contributed by atoms with E-state index in [1.165, 1.54) is 74.1 Å². The van der Waals surface area contributed by atoms with E-state index in [2.05, 4.69) is 59.5 Å². The van der Waals surface area contributed by atoms with E-state index < -0.39 is 0 Å². The Balaban J connectivity index is 0.000000142. The van der Waals surface area contributed by atoms with E-state index in [9.17, 15) is 9.59 Å². The lowest BCUT2D eigenvalue weighted by atomic mass is 10.2. The molecule has 0 radical (unpaired) electrons. The van der Waals surface area contributed by atoms with Gasteiger partial charge in [0.1, 0.15) is 0 Å². The standard InChI is InChI=1S/C22H22N4O.C21H27N5O/c27-22(13-15-9-11-23-12-10-15)24-18-5-7-19(8-6-18)26-21(17-3-4-17)14-20(25-26)16-1-2-16;27-21(14-25-11-9-22-10-12-25)23-17-5-7-18(8-6-17)26-20(16-3-4-16)13-19(24-26)15-1-2-15/h5-12,14,16-17H,1-4,13H2,(H,24,27);5-8,13,15-16,22H,1-4,9-12,14H2,(H,23,27). The van der Waals surface area contributed by atoms with E-state index in [-0.39, 0.29) is 11.8 Å². The number of pyridine rings is 1. The molecule has 2 aromatic carbocycles. The average molecular weight is 724 g/mol. The number of piperazine rings is 1. The monoisotopic (exact) mass is 723 g/mol. The minimum Gasteiger partial charge on any atom is -0.326 e. The van der Waals surface area contributed by atoms with E-state index in [1.807, 2.05) is 48.5 Å². The van der Waals surface area contributed by atoms with Crippen molar-refractivity contribution >= 4 is 23.2 Å². The van der Waals surface area contributed by atoms with Gasteiger partial charge in [0.2, 0.25) is 11.8 Å². The largest absolute Gasteiger partial charge is 0.326 e. The third-order valence-electron chi connectivity index (χ3n) is 11.0. The molecule has 5 aliphatic rings. The zero-order valence-corrected chi connectivity index (χ0v) is 30.8. The minimum absolute atomic E-state index is 0.0253. The normalized spacial score (nSPS) is 18.4. The van der Waals surface area contributed by atoms with Gasteiger partial charge in [0, 0.05) is 85.0 Å². The summed E-state index contributed by atoms with van der Waals surface area (Å²) in [5, 5.41) is 19.1. The van der Waals surface area contributed by atoms with Gasteiger partial charge in [0.05, 0.1) is 35.7 Å². The molecule has 10 rings (SSSR count). The summed E-state index contributed by atoms with van der Waals surface area (Å²) in [5.74, 6) is 2.69. The first-order valence-electron chi connectivity index (χ1n) is 19.8. The van der Waals surface area contributed by atoms with Gasteiger partial charge in [0.25, 0.3) is 0 Å². The second-order valence-corrected chi connectivity index (χ2v) is 15.7. The number of rotatable bonds is 12. The predicted octanol–water partition coefficient (Wildman–Crippen LogP) is 6.67. The molecule has 0 unspecified atom stereocenters. The van der Waals surface area contributed by atoms with Gasteiger partial charge >= 0.3 is 0 Å². The highest BCUT2D eigenvalue weighted by Gasteiger charge is 2.34. The van der Waals surface area contributed by atoms with Gasteiger partial charge in [-0.1, -0.05) is 0 Å². The summed E-state index contributed by atoms with van der Waals surface area (Å²) in [6.45, 7) is 4.23. The van der Waals surface area contributed by atoms with Crippen LogP contribution in [-0.2, 0) is 16.0 Å². The van der Waals surface area contributed by atoms with Crippen LogP contribution in [0.25, 0.3) is 11.4 Å². The van der Waals surface area contributed by atoms with Gasteiger partial charge in [-0.15, -0.1) is 0 Å². The summed E-state index contributed by atoms with van der Waals surface area (Å²) < 4.78 is 4.23. The number of amides is 2. The highest BCUT2D eigenvalue weighted by atomic mass is 16.2. The molecule has 4 aliphatic carbocycles. The number of hydrogen-bond acceptors (Lipinski definition) is 7. The number of benzene rings is 2. The van der Waals surface area contributed by atoms with Crippen molar-refractivity contribution in [2.75, 3.05) is 43.4 Å². The Morgan fingerprint density at radius 3 is 1.54 bits per heavy atom. The Morgan fingerprint density at radius 2 is 1.07 bits per heavy atom. The molecule has 1 aliphatic heterocycles. The first-order valence-corrected chi connectivity index (χ1v) is 19.8. The average Bonchev–Trinajstić information content (AvgIpc) is 3.98. The van der Waals surface area contributed by atoms with Crippen LogP contribution in [0.1, 0.15) is 103 Å². The molecule has 5 fully saturated rings. The maximum absolute atomic E-state index is 12.3. The molecule has 0 spiro atoms. The van der Waals surface area contributed by atoms with Gasteiger partial charge in [-0.2, -0.15) is 10.2 Å². The molecule has 4 saturated carbocycles. The maximum Gasteiger partial charge on any atom is 0.238 e. The number of aromatic nitrogens is 5. The Labute approximate surface area is 316 Å². The minimum atomic E-state index is -0.0253. The van der Waals surface area contributed by atoms with Crippen LogP contribution in [-0.4, -0.2) is 74.0 Å². The van der Waals surface area contributed by atoms with Gasteiger partial charge in [-0.25, -0.2) is 9.36 Å². The van der Waals surface area contributed by atoms with Crippen molar-refractivity contribution in [3.63, 3.8) is 0 Å². The second-order valence-electron chi connectivity index (χ2n) is 15.7. The van der Waals surface area contributed by atoms with Crippen molar-refractivity contribution < 1.29 is 9.59 Å². The predicted molar refractivity (Wildman–Crippen MR) is 210 cm³/mol. The molecule has 4 heterocycles. The van der Waals surface area contributed by atoms with Crippen LogP contribution >= 0.6 is 0 Å². The SMILES string of the molecule is O=C(CN1CCNCC1)Nc1ccc(-n2nc(C3CC3)cc2C2CC2)cc1.O=C(Cc1ccncc1)Nc1ccc(-n2nc(C3CC3)cc2C2CC2)cc1. The quantitative estimate of drug-likeness (QED) is 0.131. The van der Waals surface area contributed by atoms with Crippen molar-refractivity contribution in [1.82, 2.24) is 34.8 Å². The topological polar surface area (TPSA) is 122 Å². The molecule has 0 bridgehead atoms. The lowest BCUT2D eigenvalue weighted by Crippen LogP contribution is -2.46. The van der Waals surface area contributed by atoms with E-state index in [0.29, 0.717) is 36.6 Å². The van der Waals surface area contributed by atoms with Gasteiger partial charge in [0.15, 0.2) is 0 Å². The fourth-order valence-electron chi connectivity index (χ4n) is 7.28. The first-order chi connectivity index (χ1) is 26.5. The van der Waals surface area contributed by atoms with Crippen molar-refractivity contribution in [2.45, 2.75) is 81.5 Å². The first kappa shape index (κ1) is 34.6. The van der Waals surface area contributed by atoms with Crippen LogP contribution in [0, 0.1) is 0 Å². The number of nitrogens with zero attached hydrogens (tertiary/aromatic N) is 6. The van der Waals surface area contributed by atoms with E-state index in [4.69, 9.17) is 10.2 Å². The van der Waals surface area contributed by atoms with Crippen LogP contribution in [0.15, 0.2) is 85.2 Å². The summed E-state index contributed by atoms with van der Waals surface area (Å²) >= 11 is 0. The highest BCUT2D eigenvalue weighted by Crippen LogP contribution is 2.46. The Kier molecular flexibility index (Phi) is 9.82. The fourth-order valence-corrected chi connectivity index (χ4v) is 7.28. The number of carbonyl (C=O) groups excluding carboxylic acids is 2. The Hall–Kier alpha value is -5.13. The number of hydrogen-bond donors (Lipinski definition) is 3. The third kappa shape index (κ3) is 8.63. The summed E-state index contributed by atoms with van der Waals surface area (Å²) in [6, 6.07) is 24.4. The smallest absolute Gasteiger partial charge is 0.238 e. The molecule has 11 heteroatoms. The Bertz CT molecular complexity index is 2070. The van der Waals surface area contributed by atoms with Crippen LogP contribution in [0.5, 0.6) is 0 Å². The van der Waals surface area contributed by atoms with E-state index in [1.54, 1.807) is 12.4 Å². The van der Waals surface area contributed by atoms with Crippen LogP contribution < -0.4 is 16.0 Å².